The third-order valence-corrected chi connectivity index (χ3v) is 4.00. The zero-order valence-electron chi connectivity index (χ0n) is 13.4. The van der Waals surface area contributed by atoms with Gasteiger partial charge in [-0.3, -0.25) is 4.79 Å². The molecule has 0 aromatic heterocycles. The van der Waals surface area contributed by atoms with Crippen molar-refractivity contribution in [3.05, 3.63) is 35.4 Å². The molecule has 0 saturated heterocycles. The molecular formula is C16H19F3N2O2. The number of rotatable bonds is 1. The fraction of sp³-hybridized carbons (Fsp3) is 0.500. The molecular weight excluding hydrogens is 309 g/mol. The van der Waals surface area contributed by atoms with Crippen LogP contribution in [0.4, 0.5) is 13.2 Å². The van der Waals surface area contributed by atoms with Gasteiger partial charge < -0.3 is 5.11 Å². The second-order valence-corrected chi connectivity index (χ2v) is 6.77. The third-order valence-electron chi connectivity index (χ3n) is 4.00. The van der Waals surface area contributed by atoms with Crippen LogP contribution in [-0.4, -0.2) is 33.6 Å². The van der Waals surface area contributed by atoms with Gasteiger partial charge in [-0.15, -0.1) is 0 Å². The molecule has 0 saturated carbocycles. The number of aryl methyl sites for hydroxylation is 1. The van der Waals surface area contributed by atoms with Crippen LogP contribution in [0.15, 0.2) is 29.4 Å². The minimum atomic E-state index is -4.69. The topological polar surface area (TPSA) is 52.9 Å². The molecule has 1 N–H and O–H groups in total. The Morgan fingerprint density at radius 1 is 1.22 bits per heavy atom. The normalized spacial score (nSPS) is 22.3. The standard InChI is InChI=1S/C16H19F3N2O2/c1-10-5-7-11(8-6-10)13(22)21-15(23,14(2,3)4)9-12(20-21)16(17,18)19/h5-8,23H,9H2,1-4H3/t15-/m0/s1. The Bertz CT molecular complexity index is 645. The molecule has 1 amide bonds. The van der Waals surface area contributed by atoms with Crippen molar-refractivity contribution >= 4 is 11.6 Å². The molecule has 2 rings (SSSR count). The molecule has 0 aliphatic carbocycles. The molecule has 23 heavy (non-hydrogen) atoms. The van der Waals surface area contributed by atoms with E-state index in [0.29, 0.717) is 5.01 Å². The van der Waals surface area contributed by atoms with Crippen LogP contribution >= 0.6 is 0 Å². The lowest BCUT2D eigenvalue weighted by atomic mass is 9.80. The molecule has 0 fully saturated rings. The van der Waals surface area contributed by atoms with Gasteiger partial charge in [0.2, 0.25) is 0 Å². The molecule has 7 heteroatoms. The fourth-order valence-electron chi connectivity index (χ4n) is 2.32. The van der Waals surface area contributed by atoms with Crippen molar-refractivity contribution in [1.29, 1.82) is 0 Å². The predicted octanol–water partition coefficient (Wildman–Crippen LogP) is 3.49. The molecule has 126 valence electrons. The van der Waals surface area contributed by atoms with Crippen molar-refractivity contribution < 1.29 is 23.1 Å². The zero-order valence-corrected chi connectivity index (χ0v) is 13.4. The first kappa shape index (κ1) is 17.5. The summed E-state index contributed by atoms with van der Waals surface area (Å²) in [6.45, 7) is 6.53. The number of hydrazone groups is 1. The Balaban J connectivity index is 2.48. The molecule has 1 aliphatic rings. The van der Waals surface area contributed by atoms with Crippen LogP contribution in [0.3, 0.4) is 0 Å². The largest absolute Gasteiger partial charge is 0.431 e. The van der Waals surface area contributed by atoms with Crippen molar-refractivity contribution in [3.63, 3.8) is 0 Å². The average Bonchev–Trinajstić information content (AvgIpc) is 2.78. The Labute approximate surface area is 132 Å². The number of hydrogen-bond acceptors (Lipinski definition) is 3. The van der Waals surface area contributed by atoms with E-state index >= 15 is 0 Å². The highest BCUT2D eigenvalue weighted by atomic mass is 19.4. The first-order valence-corrected chi connectivity index (χ1v) is 7.14. The molecule has 0 radical (unpaired) electrons. The number of nitrogens with zero attached hydrogens (tertiary/aromatic N) is 2. The number of alkyl halides is 3. The van der Waals surface area contributed by atoms with Crippen molar-refractivity contribution in [2.45, 2.75) is 46.0 Å². The fourth-order valence-corrected chi connectivity index (χ4v) is 2.32. The van der Waals surface area contributed by atoms with Crippen LogP contribution in [-0.2, 0) is 0 Å². The summed E-state index contributed by atoms with van der Waals surface area (Å²) >= 11 is 0. The van der Waals surface area contributed by atoms with Gasteiger partial charge in [-0.2, -0.15) is 23.3 Å². The minimum Gasteiger partial charge on any atom is -0.368 e. The quantitative estimate of drug-likeness (QED) is 0.858. The number of hydrogen-bond donors (Lipinski definition) is 1. The van der Waals surface area contributed by atoms with Crippen LogP contribution in [0.5, 0.6) is 0 Å². The number of halogens is 3. The second kappa shape index (κ2) is 5.33. The molecule has 1 aliphatic heterocycles. The molecule has 1 heterocycles. The van der Waals surface area contributed by atoms with Crippen LogP contribution in [0.2, 0.25) is 0 Å². The van der Waals surface area contributed by atoms with E-state index in [9.17, 15) is 23.1 Å². The molecule has 0 bridgehead atoms. The maximum atomic E-state index is 13.0. The van der Waals surface area contributed by atoms with Crippen LogP contribution in [0.25, 0.3) is 0 Å². The van der Waals surface area contributed by atoms with E-state index in [4.69, 9.17) is 0 Å². The van der Waals surface area contributed by atoms with Crippen molar-refractivity contribution in [2.75, 3.05) is 0 Å². The van der Waals surface area contributed by atoms with Gasteiger partial charge in [-0.25, -0.2) is 0 Å². The first-order chi connectivity index (χ1) is 10.4. The van der Waals surface area contributed by atoms with Crippen LogP contribution < -0.4 is 0 Å². The maximum absolute atomic E-state index is 13.0. The second-order valence-electron chi connectivity index (χ2n) is 6.77. The molecule has 4 nitrogen and oxygen atoms in total. The summed E-state index contributed by atoms with van der Waals surface area (Å²) in [4.78, 5) is 12.6. The summed E-state index contributed by atoms with van der Waals surface area (Å²) in [6.07, 6.45) is -5.45. The van der Waals surface area contributed by atoms with Crippen LogP contribution in [0.1, 0.15) is 43.1 Å². The van der Waals surface area contributed by atoms with E-state index < -0.39 is 35.4 Å². The average molecular weight is 328 g/mol. The summed E-state index contributed by atoms with van der Waals surface area (Å²) in [7, 11) is 0. The van der Waals surface area contributed by atoms with Gasteiger partial charge in [-0.1, -0.05) is 38.5 Å². The highest BCUT2D eigenvalue weighted by molar-refractivity contribution is 5.99. The molecule has 1 atom stereocenters. The Morgan fingerprint density at radius 3 is 2.17 bits per heavy atom. The van der Waals surface area contributed by atoms with E-state index in [1.54, 1.807) is 32.9 Å². The van der Waals surface area contributed by atoms with Gasteiger partial charge in [-0.05, 0) is 19.1 Å². The Morgan fingerprint density at radius 2 is 1.74 bits per heavy atom. The van der Waals surface area contributed by atoms with Gasteiger partial charge in [0.1, 0.15) is 5.71 Å². The SMILES string of the molecule is Cc1ccc(C(=O)N2N=C(C(F)(F)F)C[C@]2(O)C(C)(C)C)cc1. The van der Waals surface area contributed by atoms with E-state index in [0.717, 1.165) is 5.56 Å². The number of aliphatic hydroxyl groups is 1. The summed E-state index contributed by atoms with van der Waals surface area (Å²) in [6, 6.07) is 6.35. The van der Waals surface area contributed by atoms with Crippen molar-refractivity contribution in [1.82, 2.24) is 5.01 Å². The monoisotopic (exact) mass is 328 g/mol. The van der Waals surface area contributed by atoms with E-state index in [-0.39, 0.29) is 5.56 Å². The smallest absolute Gasteiger partial charge is 0.368 e. The molecule has 0 spiro atoms. The number of carbonyl (C=O) groups is 1. The van der Waals surface area contributed by atoms with E-state index in [1.807, 2.05) is 6.92 Å². The highest BCUT2D eigenvalue weighted by Gasteiger charge is 2.57. The lowest BCUT2D eigenvalue weighted by Crippen LogP contribution is -2.55. The number of benzene rings is 1. The van der Waals surface area contributed by atoms with Crippen molar-refractivity contribution in [2.24, 2.45) is 10.5 Å². The molecule has 1 aromatic rings. The van der Waals surface area contributed by atoms with Gasteiger partial charge in [0.25, 0.3) is 5.91 Å². The Kier molecular flexibility index (Phi) is 4.05. The maximum Gasteiger partial charge on any atom is 0.431 e. The first-order valence-electron chi connectivity index (χ1n) is 7.14. The number of carbonyl (C=O) groups excluding carboxylic acids is 1. The van der Waals surface area contributed by atoms with E-state index in [1.165, 1.54) is 12.1 Å². The third kappa shape index (κ3) is 3.10. The van der Waals surface area contributed by atoms with Crippen molar-refractivity contribution in [3.8, 4) is 0 Å². The van der Waals surface area contributed by atoms with E-state index in [2.05, 4.69) is 5.10 Å². The minimum absolute atomic E-state index is 0.172. The summed E-state index contributed by atoms with van der Waals surface area (Å²) in [5.74, 6) is -0.762. The molecule has 1 aromatic carbocycles. The lowest BCUT2D eigenvalue weighted by molar-refractivity contribution is -0.144. The van der Waals surface area contributed by atoms with Gasteiger partial charge in [0.15, 0.2) is 5.72 Å². The van der Waals surface area contributed by atoms with Gasteiger partial charge >= 0.3 is 6.18 Å². The molecule has 0 unspecified atom stereocenters. The zero-order chi connectivity index (χ0) is 17.6. The Hall–Kier alpha value is -1.89. The predicted molar refractivity (Wildman–Crippen MR) is 79.9 cm³/mol. The summed E-state index contributed by atoms with van der Waals surface area (Å²) < 4.78 is 39.0. The summed E-state index contributed by atoms with van der Waals surface area (Å²) in [5.41, 5.74) is -3.13. The van der Waals surface area contributed by atoms with Crippen LogP contribution in [0, 0.1) is 12.3 Å². The summed E-state index contributed by atoms with van der Waals surface area (Å²) in [5, 5.41) is 14.8. The number of amides is 1. The highest BCUT2D eigenvalue weighted by Crippen LogP contribution is 2.44. The lowest BCUT2D eigenvalue weighted by Gasteiger charge is -2.41. The van der Waals surface area contributed by atoms with Gasteiger partial charge in [0, 0.05) is 17.4 Å². The van der Waals surface area contributed by atoms with Gasteiger partial charge in [0.05, 0.1) is 0 Å².